The number of hydrogen-bond acceptors (Lipinski definition) is 10. The van der Waals surface area contributed by atoms with Crippen LogP contribution in [0.3, 0.4) is 0 Å². The minimum Gasteiger partial charge on any atom is -0.309 e. The molecule has 59 heavy (non-hydrogen) atoms. The van der Waals surface area contributed by atoms with E-state index in [9.17, 15) is 19.2 Å². The van der Waals surface area contributed by atoms with E-state index in [1.807, 2.05) is 36.4 Å². The molecule has 4 aromatic carbocycles. The average Bonchev–Trinajstić information content (AvgIpc) is 3.81. The molecule has 19 heteroatoms. The number of fused-ring (bicyclic) bond motifs is 4. The molecule has 10 aromatic rings. The van der Waals surface area contributed by atoms with Gasteiger partial charge in [-0.25, -0.2) is 28.1 Å². The normalized spacial score (nSPS) is 11.7. The fourth-order valence-corrected chi connectivity index (χ4v) is 8.37. The van der Waals surface area contributed by atoms with Crippen LogP contribution in [0.4, 0.5) is 0 Å². The predicted octanol–water partition coefficient (Wildman–Crippen LogP) is 6.12. The fourth-order valence-electron chi connectivity index (χ4n) is 7.36. The summed E-state index contributed by atoms with van der Waals surface area (Å²) in [5, 5.41) is 19.7. The van der Waals surface area contributed by atoms with Gasteiger partial charge >= 0.3 is 11.4 Å². The van der Waals surface area contributed by atoms with E-state index in [4.69, 9.17) is 0 Å². The third-order valence-corrected chi connectivity index (χ3v) is 12.4. The number of hydrogen-bond donors (Lipinski definition) is 2. The zero-order valence-corrected chi connectivity index (χ0v) is 34.9. The SMILES string of the molecule is Cc1[nH]c(=O)n(-c2cncc3cc(Cc4[nH]c(=O)n(-c5cncc6ccccc56)c(=O)c4-n4nnc5cc(Br)c(Br)cc54)ccc23)c(=O)c1-n1nnc2ccc(Br)cc21. The van der Waals surface area contributed by atoms with E-state index < -0.39 is 22.5 Å². The Morgan fingerprint density at radius 3 is 2.02 bits per heavy atom. The van der Waals surface area contributed by atoms with Gasteiger partial charge in [-0.05, 0) is 80.7 Å². The highest BCUT2D eigenvalue weighted by atomic mass is 79.9. The number of halogens is 3. The summed E-state index contributed by atoms with van der Waals surface area (Å²) in [6.07, 6.45) is 6.25. The van der Waals surface area contributed by atoms with Gasteiger partial charge in [0.1, 0.15) is 11.0 Å². The summed E-state index contributed by atoms with van der Waals surface area (Å²) in [5.41, 5.74) is 1.52. The smallest absolute Gasteiger partial charge is 0.309 e. The standard InChI is InChI=1S/C40H23Br3N12O4/c1-19-35(54-31-12-23(41)7-9-28(31)48-50-54)37(56)52(39(58)46-19)34-18-45-16-22-10-20(6-8-25(22)34)11-30-36(55-32-14-27(43)26(42)13-29(32)49-51-55)38(57)53(40(59)47-30)33-17-44-15-21-4-2-3-5-24(21)33/h2-10,12-18H,11H2,1H3,(H,46,58)(H,47,59). The first-order chi connectivity index (χ1) is 28.5. The molecule has 16 nitrogen and oxygen atoms in total. The van der Waals surface area contributed by atoms with Crippen LogP contribution in [-0.2, 0) is 6.42 Å². The van der Waals surface area contributed by atoms with Gasteiger partial charge in [-0.15, -0.1) is 10.2 Å². The van der Waals surface area contributed by atoms with Crippen LogP contribution in [0.5, 0.6) is 0 Å². The molecule has 0 aliphatic carbocycles. The van der Waals surface area contributed by atoms with E-state index in [0.717, 1.165) is 23.5 Å². The van der Waals surface area contributed by atoms with Crippen molar-refractivity contribution < 1.29 is 0 Å². The second-order valence-electron chi connectivity index (χ2n) is 13.6. The number of H-pyrrole nitrogens is 2. The Hall–Kier alpha value is -6.70. The Labute approximate surface area is 354 Å². The van der Waals surface area contributed by atoms with Crippen LogP contribution in [0.2, 0.25) is 0 Å². The number of nitrogens with one attached hydrogen (secondary N) is 2. The summed E-state index contributed by atoms with van der Waals surface area (Å²) in [4.78, 5) is 71.1. The molecule has 0 bridgehead atoms. The minimum absolute atomic E-state index is 0.0673. The van der Waals surface area contributed by atoms with E-state index in [1.165, 1.54) is 21.8 Å². The highest BCUT2D eigenvalue weighted by molar-refractivity contribution is 9.13. The van der Waals surface area contributed by atoms with Gasteiger partial charge in [0.25, 0.3) is 11.1 Å². The van der Waals surface area contributed by atoms with Crippen molar-refractivity contribution >= 4 is 91.4 Å². The summed E-state index contributed by atoms with van der Waals surface area (Å²) in [6, 6.07) is 21.6. The largest absolute Gasteiger partial charge is 0.333 e. The van der Waals surface area contributed by atoms with Crippen molar-refractivity contribution in [1.29, 1.82) is 0 Å². The maximum Gasteiger partial charge on any atom is 0.333 e. The molecule has 6 aromatic heterocycles. The molecule has 0 unspecified atom stereocenters. The molecule has 0 saturated carbocycles. The predicted molar refractivity (Wildman–Crippen MR) is 231 cm³/mol. The molecule has 6 heterocycles. The van der Waals surface area contributed by atoms with Crippen molar-refractivity contribution in [3.63, 3.8) is 0 Å². The van der Waals surface area contributed by atoms with Gasteiger partial charge in [0, 0.05) is 59.5 Å². The fraction of sp³-hybridized carbons (Fsp3) is 0.0500. The van der Waals surface area contributed by atoms with Gasteiger partial charge < -0.3 is 9.97 Å². The van der Waals surface area contributed by atoms with Crippen LogP contribution >= 0.6 is 47.8 Å². The molecule has 0 saturated heterocycles. The molecular formula is C40H23Br3N12O4. The van der Waals surface area contributed by atoms with Gasteiger partial charge in [-0.2, -0.15) is 0 Å². The number of pyridine rings is 2. The van der Waals surface area contributed by atoms with Crippen LogP contribution in [-0.4, -0.2) is 59.1 Å². The summed E-state index contributed by atoms with van der Waals surface area (Å²) in [5.74, 6) is 0. The van der Waals surface area contributed by atoms with E-state index >= 15 is 0 Å². The lowest BCUT2D eigenvalue weighted by Crippen LogP contribution is -2.38. The topological polar surface area (TPSA) is 197 Å². The Bertz CT molecular complexity index is 3660. The Morgan fingerprint density at radius 1 is 0.610 bits per heavy atom. The number of aromatic amines is 2. The van der Waals surface area contributed by atoms with E-state index in [2.05, 4.69) is 88.3 Å². The van der Waals surface area contributed by atoms with Crippen LogP contribution in [0.1, 0.15) is 17.0 Å². The molecule has 0 amide bonds. The lowest BCUT2D eigenvalue weighted by molar-refractivity contribution is 0.755. The van der Waals surface area contributed by atoms with Crippen LogP contribution < -0.4 is 22.5 Å². The summed E-state index contributed by atoms with van der Waals surface area (Å²) in [6.45, 7) is 1.62. The second-order valence-corrected chi connectivity index (χ2v) is 16.2. The van der Waals surface area contributed by atoms with Crippen LogP contribution in [0.15, 0.2) is 130 Å². The molecule has 0 aliphatic heterocycles. The average molecular weight is 975 g/mol. The number of aryl methyl sites for hydroxylation is 1. The molecule has 10 rings (SSSR count). The highest BCUT2D eigenvalue weighted by Crippen LogP contribution is 2.30. The number of nitrogens with zero attached hydrogens (tertiary/aromatic N) is 10. The van der Waals surface area contributed by atoms with Crippen molar-refractivity contribution in [3.05, 3.63) is 170 Å². The third kappa shape index (κ3) is 5.99. The minimum atomic E-state index is -0.675. The molecule has 0 aliphatic rings. The first-order valence-electron chi connectivity index (χ1n) is 17.7. The monoisotopic (exact) mass is 972 g/mol. The third-order valence-electron chi connectivity index (χ3n) is 10.0. The van der Waals surface area contributed by atoms with E-state index in [1.54, 1.807) is 55.7 Å². The molecule has 0 atom stereocenters. The molecule has 2 N–H and O–H groups in total. The molecule has 288 valence electrons. The lowest BCUT2D eigenvalue weighted by Gasteiger charge is -2.15. The zero-order chi connectivity index (χ0) is 40.7. The quantitative estimate of drug-likeness (QED) is 0.196. The van der Waals surface area contributed by atoms with Gasteiger partial charge in [-0.1, -0.05) is 62.8 Å². The van der Waals surface area contributed by atoms with Crippen molar-refractivity contribution in [2.45, 2.75) is 13.3 Å². The second kappa shape index (κ2) is 14.0. The summed E-state index contributed by atoms with van der Waals surface area (Å²) < 4.78 is 7.11. The van der Waals surface area contributed by atoms with E-state index in [-0.39, 0.29) is 29.2 Å². The number of rotatable bonds is 6. The molecule has 0 fully saturated rings. The van der Waals surface area contributed by atoms with Gasteiger partial charge in [0.05, 0.1) is 40.5 Å². The Morgan fingerprint density at radius 2 is 1.24 bits per heavy atom. The number of benzene rings is 4. The highest BCUT2D eigenvalue weighted by Gasteiger charge is 2.24. The first kappa shape index (κ1) is 36.6. The van der Waals surface area contributed by atoms with E-state index in [0.29, 0.717) is 59.6 Å². The van der Waals surface area contributed by atoms with Crippen molar-refractivity contribution in [2.24, 2.45) is 0 Å². The zero-order valence-electron chi connectivity index (χ0n) is 30.2. The molecule has 0 radical (unpaired) electrons. The Kier molecular flexibility index (Phi) is 8.69. The van der Waals surface area contributed by atoms with Crippen molar-refractivity contribution in [3.8, 4) is 22.7 Å². The summed E-state index contributed by atoms with van der Waals surface area (Å²) in [7, 11) is 0. The molecular weight excluding hydrogens is 952 g/mol. The van der Waals surface area contributed by atoms with Crippen molar-refractivity contribution in [2.75, 3.05) is 0 Å². The van der Waals surface area contributed by atoms with Crippen molar-refractivity contribution in [1.82, 2.24) is 59.1 Å². The lowest BCUT2D eigenvalue weighted by atomic mass is 10.0. The first-order valence-corrected chi connectivity index (χ1v) is 20.1. The van der Waals surface area contributed by atoms with Crippen LogP contribution in [0, 0.1) is 6.92 Å². The molecule has 0 spiro atoms. The number of aromatic nitrogens is 12. The van der Waals surface area contributed by atoms with Crippen LogP contribution in [0.25, 0.3) is 66.4 Å². The van der Waals surface area contributed by atoms with Gasteiger partial charge in [-0.3, -0.25) is 19.6 Å². The van der Waals surface area contributed by atoms with Gasteiger partial charge in [0.2, 0.25) is 0 Å². The Balaban J connectivity index is 1.13. The maximum absolute atomic E-state index is 14.8. The van der Waals surface area contributed by atoms with Gasteiger partial charge in [0.15, 0.2) is 11.4 Å². The summed E-state index contributed by atoms with van der Waals surface area (Å²) >= 11 is 10.5. The maximum atomic E-state index is 14.8.